The molecule has 32 heavy (non-hydrogen) atoms. The lowest BCUT2D eigenvalue weighted by Crippen LogP contribution is -2.13. The lowest BCUT2D eigenvalue weighted by atomic mass is 10.1. The summed E-state index contributed by atoms with van der Waals surface area (Å²) in [5.74, 6) is 0. The summed E-state index contributed by atoms with van der Waals surface area (Å²) in [4.78, 5) is 9.27. The van der Waals surface area contributed by atoms with E-state index in [-0.39, 0.29) is 26.4 Å². The minimum atomic E-state index is -4.02. The zero-order chi connectivity index (χ0) is 23.6. The third kappa shape index (κ3) is 26.2. The molecule has 1 atom stereocenters. The van der Waals surface area contributed by atoms with Crippen molar-refractivity contribution in [1.29, 1.82) is 0 Å². The quantitative estimate of drug-likeness (QED) is 0.131. The fraction of sp³-hybridized carbons (Fsp3) is 1.00. The minimum Gasteiger partial charge on any atom is -0.379 e. The van der Waals surface area contributed by atoms with Crippen molar-refractivity contribution < 1.29 is 37.5 Å². The molecular formula is C22H48NO8P. The van der Waals surface area contributed by atoms with Crippen LogP contribution >= 0.6 is 7.82 Å². The topological polar surface area (TPSA) is 119 Å². The summed E-state index contributed by atoms with van der Waals surface area (Å²) >= 11 is 0. The summed E-state index contributed by atoms with van der Waals surface area (Å²) in [5.41, 5.74) is 5.18. The lowest BCUT2D eigenvalue weighted by Gasteiger charge is -2.11. The molecule has 0 aromatic heterocycles. The molecular weight excluding hydrogens is 437 g/mol. The molecule has 0 aliphatic heterocycles. The van der Waals surface area contributed by atoms with Gasteiger partial charge < -0.3 is 29.6 Å². The second kappa shape index (κ2) is 25.5. The molecule has 0 aromatic carbocycles. The second-order valence-corrected chi connectivity index (χ2v) is 9.01. The first-order chi connectivity index (χ1) is 15.6. The second-order valence-electron chi connectivity index (χ2n) is 7.56. The van der Waals surface area contributed by atoms with Gasteiger partial charge in [0.15, 0.2) is 0 Å². The lowest BCUT2D eigenvalue weighted by molar-refractivity contribution is -0.00617. The third-order valence-corrected chi connectivity index (χ3v) is 5.63. The maximum Gasteiger partial charge on any atom is 0.472 e. The van der Waals surface area contributed by atoms with E-state index in [0.29, 0.717) is 39.6 Å². The van der Waals surface area contributed by atoms with Gasteiger partial charge in [0.05, 0.1) is 59.5 Å². The minimum absolute atomic E-state index is 0.0317. The van der Waals surface area contributed by atoms with Crippen LogP contribution in [-0.2, 0) is 32.6 Å². The van der Waals surface area contributed by atoms with Crippen molar-refractivity contribution in [2.45, 2.75) is 71.1 Å². The summed E-state index contributed by atoms with van der Waals surface area (Å²) in [5, 5.41) is 0. The monoisotopic (exact) mass is 485 g/mol. The number of rotatable bonds is 27. The molecule has 0 aliphatic rings. The van der Waals surface area contributed by atoms with Gasteiger partial charge in [0.25, 0.3) is 0 Å². The van der Waals surface area contributed by atoms with Gasteiger partial charge in [-0.15, -0.1) is 0 Å². The first-order valence-corrected chi connectivity index (χ1v) is 13.7. The van der Waals surface area contributed by atoms with Crippen molar-refractivity contribution in [3.05, 3.63) is 0 Å². The summed E-state index contributed by atoms with van der Waals surface area (Å²) in [6, 6.07) is 0. The van der Waals surface area contributed by atoms with E-state index in [1.165, 1.54) is 57.8 Å². The number of hydrogen-bond acceptors (Lipinski definition) is 8. The Hall–Kier alpha value is -0.0900. The van der Waals surface area contributed by atoms with Crippen molar-refractivity contribution in [1.82, 2.24) is 0 Å². The molecule has 0 rings (SSSR count). The van der Waals surface area contributed by atoms with Gasteiger partial charge in [0.2, 0.25) is 0 Å². The SMILES string of the molecule is CCCCCCCCCCCCOCCOCCOCCOCCOP(=O)(O)OCCN. The standard InChI is InChI=1S/C22H48NO8P/c1-2-3-4-5-6-7-8-9-10-11-13-26-15-16-27-17-18-28-19-20-29-21-22-31-32(24,25)30-14-12-23/h2-23H2,1H3,(H,24,25). The van der Waals surface area contributed by atoms with Gasteiger partial charge in [-0.3, -0.25) is 9.05 Å². The number of unbranched alkanes of at least 4 members (excludes halogenated alkanes) is 9. The van der Waals surface area contributed by atoms with Crippen molar-refractivity contribution in [2.24, 2.45) is 5.73 Å². The van der Waals surface area contributed by atoms with Crippen LogP contribution in [0.2, 0.25) is 0 Å². The Bertz CT molecular complexity index is 417. The average Bonchev–Trinajstić information content (AvgIpc) is 2.78. The highest BCUT2D eigenvalue weighted by Gasteiger charge is 2.19. The largest absolute Gasteiger partial charge is 0.472 e. The Morgan fingerprint density at radius 2 is 0.938 bits per heavy atom. The first-order valence-electron chi connectivity index (χ1n) is 12.2. The summed E-state index contributed by atoms with van der Waals surface area (Å²) in [6.07, 6.45) is 13.3. The van der Waals surface area contributed by atoms with Crippen LogP contribution in [0.4, 0.5) is 0 Å². The Morgan fingerprint density at radius 3 is 1.41 bits per heavy atom. The molecule has 1 unspecified atom stereocenters. The molecule has 9 nitrogen and oxygen atoms in total. The molecule has 0 saturated heterocycles. The van der Waals surface area contributed by atoms with Gasteiger partial charge in [-0.1, -0.05) is 64.7 Å². The van der Waals surface area contributed by atoms with E-state index in [1.54, 1.807) is 0 Å². The highest BCUT2D eigenvalue weighted by atomic mass is 31.2. The number of phosphoric ester groups is 1. The maximum atomic E-state index is 11.3. The van der Waals surface area contributed by atoms with Gasteiger partial charge in [-0.25, -0.2) is 4.57 Å². The van der Waals surface area contributed by atoms with Crippen LogP contribution in [0.1, 0.15) is 71.1 Å². The van der Waals surface area contributed by atoms with E-state index in [0.717, 1.165) is 13.0 Å². The zero-order valence-electron chi connectivity index (χ0n) is 20.2. The maximum absolute atomic E-state index is 11.3. The van der Waals surface area contributed by atoms with E-state index in [9.17, 15) is 9.46 Å². The summed E-state index contributed by atoms with van der Waals surface area (Å²) in [7, 11) is -4.02. The van der Waals surface area contributed by atoms with Crippen LogP contribution in [0.5, 0.6) is 0 Å². The Balaban J connectivity index is 3.11. The van der Waals surface area contributed by atoms with Crippen LogP contribution in [-0.4, -0.2) is 77.5 Å². The van der Waals surface area contributed by atoms with E-state index in [1.807, 2.05) is 0 Å². The molecule has 3 N–H and O–H groups in total. The van der Waals surface area contributed by atoms with Gasteiger partial charge in [-0.05, 0) is 6.42 Å². The fourth-order valence-corrected chi connectivity index (χ4v) is 3.59. The van der Waals surface area contributed by atoms with E-state index < -0.39 is 7.82 Å². The fourth-order valence-electron chi connectivity index (χ4n) is 2.87. The highest BCUT2D eigenvalue weighted by molar-refractivity contribution is 7.47. The molecule has 194 valence electrons. The molecule has 0 aliphatic carbocycles. The molecule has 0 saturated carbocycles. The van der Waals surface area contributed by atoms with Gasteiger partial charge in [-0.2, -0.15) is 0 Å². The molecule has 0 spiro atoms. The molecule has 0 heterocycles. The molecule has 10 heteroatoms. The van der Waals surface area contributed by atoms with Gasteiger partial charge >= 0.3 is 7.82 Å². The van der Waals surface area contributed by atoms with Crippen molar-refractivity contribution in [2.75, 3.05) is 72.6 Å². The normalized spacial score (nSPS) is 13.5. The van der Waals surface area contributed by atoms with Crippen LogP contribution in [0, 0.1) is 0 Å². The highest BCUT2D eigenvalue weighted by Crippen LogP contribution is 2.42. The van der Waals surface area contributed by atoms with Crippen molar-refractivity contribution >= 4 is 7.82 Å². The van der Waals surface area contributed by atoms with Crippen LogP contribution in [0.25, 0.3) is 0 Å². The third-order valence-electron chi connectivity index (χ3n) is 4.61. The van der Waals surface area contributed by atoms with E-state index >= 15 is 0 Å². The number of nitrogens with two attached hydrogens (primary N) is 1. The van der Waals surface area contributed by atoms with Crippen LogP contribution in [0.3, 0.4) is 0 Å². The van der Waals surface area contributed by atoms with E-state index in [2.05, 4.69) is 11.4 Å². The molecule has 0 amide bonds. The van der Waals surface area contributed by atoms with Gasteiger partial charge in [0.1, 0.15) is 0 Å². The summed E-state index contributed by atoms with van der Waals surface area (Å²) in [6.45, 7) is 6.28. The van der Waals surface area contributed by atoms with Gasteiger partial charge in [0, 0.05) is 13.2 Å². The Kier molecular flexibility index (Phi) is 25.5. The first kappa shape index (κ1) is 31.9. The van der Waals surface area contributed by atoms with E-state index in [4.69, 9.17) is 29.2 Å². The summed E-state index contributed by atoms with van der Waals surface area (Å²) < 4.78 is 42.3. The number of hydrogen-bond donors (Lipinski definition) is 2. The molecule has 0 fully saturated rings. The van der Waals surface area contributed by atoms with Crippen molar-refractivity contribution in [3.63, 3.8) is 0 Å². The van der Waals surface area contributed by atoms with Crippen LogP contribution < -0.4 is 5.73 Å². The molecule has 0 aromatic rings. The number of phosphoric acid groups is 1. The average molecular weight is 486 g/mol. The smallest absolute Gasteiger partial charge is 0.379 e. The molecule has 0 bridgehead atoms. The van der Waals surface area contributed by atoms with Crippen LogP contribution in [0.15, 0.2) is 0 Å². The predicted molar refractivity (Wildman–Crippen MR) is 126 cm³/mol. The number of ether oxygens (including phenoxy) is 4. The molecule has 0 radical (unpaired) electrons. The Morgan fingerprint density at radius 1 is 0.562 bits per heavy atom. The Labute approximate surface area is 195 Å². The van der Waals surface area contributed by atoms with Crippen molar-refractivity contribution in [3.8, 4) is 0 Å². The zero-order valence-corrected chi connectivity index (χ0v) is 21.1. The predicted octanol–water partition coefficient (Wildman–Crippen LogP) is 4.07.